The number of aromatic amines is 1. The van der Waals surface area contributed by atoms with Gasteiger partial charge in [-0.3, -0.25) is 9.89 Å². The van der Waals surface area contributed by atoms with Crippen molar-refractivity contribution in [2.45, 2.75) is 39.3 Å². The molecule has 2 N–H and O–H groups in total. The van der Waals surface area contributed by atoms with Gasteiger partial charge in [0, 0.05) is 17.8 Å². The van der Waals surface area contributed by atoms with Crippen LogP contribution in [0.3, 0.4) is 0 Å². The summed E-state index contributed by atoms with van der Waals surface area (Å²) in [6, 6.07) is 5.02. The fraction of sp³-hybridized carbons (Fsp3) is 0.412. The third-order valence-corrected chi connectivity index (χ3v) is 4.03. The average Bonchev–Trinajstić information content (AvgIpc) is 2.84. The van der Waals surface area contributed by atoms with Crippen molar-refractivity contribution in [3.8, 4) is 0 Å². The van der Waals surface area contributed by atoms with Crippen molar-refractivity contribution < 1.29 is 18.0 Å². The standard InChI is InChI=1S/C17H20F3N3O/c1-10(13-4-6-14(7-5-13)17(18,19)20)9-21-16(24)8-15-11(2)22-23-12(15)3/h4-7,10H,8-9H2,1-3H3,(H,21,24)(H,22,23)/t10-/m1/s1. The van der Waals surface area contributed by atoms with Crippen LogP contribution >= 0.6 is 0 Å². The normalized spacial score (nSPS) is 12.9. The van der Waals surface area contributed by atoms with Crippen molar-refractivity contribution in [3.63, 3.8) is 0 Å². The number of hydrogen-bond donors (Lipinski definition) is 2. The molecule has 0 aliphatic heterocycles. The molecule has 0 aliphatic rings. The number of nitrogens with zero attached hydrogens (tertiary/aromatic N) is 1. The van der Waals surface area contributed by atoms with Gasteiger partial charge in [-0.15, -0.1) is 0 Å². The fourth-order valence-electron chi connectivity index (χ4n) is 2.44. The molecule has 24 heavy (non-hydrogen) atoms. The second-order valence-electron chi connectivity index (χ2n) is 5.91. The number of benzene rings is 1. The van der Waals surface area contributed by atoms with Crippen molar-refractivity contribution in [1.82, 2.24) is 15.5 Å². The van der Waals surface area contributed by atoms with Crippen LogP contribution in [0.15, 0.2) is 24.3 Å². The second kappa shape index (κ2) is 7.07. The van der Waals surface area contributed by atoms with Crippen molar-refractivity contribution in [2.75, 3.05) is 6.54 Å². The first-order valence-corrected chi connectivity index (χ1v) is 7.62. The van der Waals surface area contributed by atoms with Crippen LogP contribution < -0.4 is 5.32 Å². The van der Waals surface area contributed by atoms with E-state index < -0.39 is 11.7 Å². The molecule has 0 aliphatic carbocycles. The number of carbonyl (C=O) groups excluding carboxylic acids is 1. The van der Waals surface area contributed by atoms with E-state index in [1.165, 1.54) is 12.1 Å². The molecule has 0 saturated heterocycles. The molecule has 1 aromatic heterocycles. The molecule has 0 bridgehead atoms. The Balaban J connectivity index is 1.90. The molecule has 0 spiro atoms. The first-order valence-electron chi connectivity index (χ1n) is 7.62. The Hall–Kier alpha value is -2.31. The molecule has 130 valence electrons. The minimum absolute atomic E-state index is 0.0808. The zero-order chi connectivity index (χ0) is 17.9. The maximum absolute atomic E-state index is 12.6. The molecule has 1 heterocycles. The van der Waals surface area contributed by atoms with E-state index in [4.69, 9.17) is 0 Å². The van der Waals surface area contributed by atoms with Gasteiger partial charge in [0.1, 0.15) is 0 Å². The summed E-state index contributed by atoms with van der Waals surface area (Å²) in [6.07, 6.45) is -4.11. The van der Waals surface area contributed by atoms with Gasteiger partial charge in [-0.1, -0.05) is 19.1 Å². The molecule has 0 saturated carbocycles. The summed E-state index contributed by atoms with van der Waals surface area (Å²) >= 11 is 0. The summed E-state index contributed by atoms with van der Waals surface area (Å²) in [7, 11) is 0. The summed E-state index contributed by atoms with van der Waals surface area (Å²) < 4.78 is 37.7. The minimum Gasteiger partial charge on any atom is -0.355 e. The van der Waals surface area contributed by atoms with Crippen LogP contribution in [0.25, 0.3) is 0 Å². The summed E-state index contributed by atoms with van der Waals surface area (Å²) in [5.74, 6) is -0.218. The van der Waals surface area contributed by atoms with E-state index in [1.54, 1.807) is 0 Å². The number of rotatable bonds is 5. The van der Waals surface area contributed by atoms with E-state index in [0.717, 1.165) is 34.6 Å². The summed E-state index contributed by atoms with van der Waals surface area (Å²) in [5, 5.41) is 9.69. The predicted octanol–water partition coefficient (Wildman–Crippen LogP) is 3.51. The third-order valence-electron chi connectivity index (χ3n) is 4.03. The number of aryl methyl sites for hydroxylation is 2. The van der Waals surface area contributed by atoms with Crippen molar-refractivity contribution in [1.29, 1.82) is 0 Å². The lowest BCUT2D eigenvalue weighted by Gasteiger charge is -2.14. The number of carbonyl (C=O) groups is 1. The van der Waals surface area contributed by atoms with E-state index in [1.807, 2.05) is 20.8 Å². The molecule has 4 nitrogen and oxygen atoms in total. The number of nitrogens with one attached hydrogen (secondary N) is 2. The number of hydrogen-bond acceptors (Lipinski definition) is 2. The molecular weight excluding hydrogens is 319 g/mol. The van der Waals surface area contributed by atoms with Crippen LogP contribution in [0.4, 0.5) is 13.2 Å². The molecule has 2 aromatic rings. The molecule has 0 fully saturated rings. The summed E-state index contributed by atoms with van der Waals surface area (Å²) in [4.78, 5) is 12.0. The van der Waals surface area contributed by atoms with Gasteiger partial charge in [0.15, 0.2) is 0 Å². The molecule has 0 unspecified atom stereocenters. The number of aromatic nitrogens is 2. The lowest BCUT2D eigenvalue weighted by molar-refractivity contribution is -0.137. The van der Waals surface area contributed by atoms with Gasteiger partial charge in [0.25, 0.3) is 0 Å². The average molecular weight is 339 g/mol. The van der Waals surface area contributed by atoms with Gasteiger partial charge in [0.05, 0.1) is 17.7 Å². The van der Waals surface area contributed by atoms with Crippen LogP contribution in [0, 0.1) is 13.8 Å². The predicted molar refractivity (Wildman–Crippen MR) is 84.6 cm³/mol. The Kier molecular flexibility index (Phi) is 5.31. The van der Waals surface area contributed by atoms with E-state index in [9.17, 15) is 18.0 Å². The van der Waals surface area contributed by atoms with Crippen LogP contribution in [0.1, 0.15) is 40.9 Å². The SMILES string of the molecule is Cc1n[nH]c(C)c1CC(=O)NC[C@@H](C)c1ccc(C(F)(F)F)cc1. The van der Waals surface area contributed by atoms with E-state index >= 15 is 0 Å². The highest BCUT2D eigenvalue weighted by Crippen LogP contribution is 2.30. The number of halogens is 3. The zero-order valence-electron chi connectivity index (χ0n) is 13.8. The second-order valence-corrected chi connectivity index (χ2v) is 5.91. The van der Waals surface area contributed by atoms with Gasteiger partial charge in [-0.05, 0) is 37.5 Å². The molecular formula is C17H20F3N3O. The Morgan fingerprint density at radius 2 is 1.88 bits per heavy atom. The lowest BCUT2D eigenvalue weighted by atomic mass is 9.99. The topological polar surface area (TPSA) is 57.8 Å². The van der Waals surface area contributed by atoms with Gasteiger partial charge in [-0.2, -0.15) is 18.3 Å². The van der Waals surface area contributed by atoms with Crippen molar-refractivity contribution >= 4 is 5.91 Å². The smallest absolute Gasteiger partial charge is 0.355 e. The quantitative estimate of drug-likeness (QED) is 0.876. The number of amides is 1. The third kappa shape index (κ3) is 4.37. The zero-order valence-corrected chi connectivity index (χ0v) is 13.8. The molecule has 1 atom stereocenters. The molecule has 7 heteroatoms. The largest absolute Gasteiger partial charge is 0.416 e. The first-order chi connectivity index (χ1) is 11.2. The Labute approximate surface area is 138 Å². The maximum atomic E-state index is 12.6. The van der Waals surface area contributed by atoms with Gasteiger partial charge < -0.3 is 5.32 Å². The Morgan fingerprint density at radius 1 is 1.25 bits per heavy atom. The van der Waals surface area contributed by atoms with Crippen LogP contribution in [-0.2, 0) is 17.4 Å². The Morgan fingerprint density at radius 3 is 2.38 bits per heavy atom. The van der Waals surface area contributed by atoms with Gasteiger partial charge >= 0.3 is 6.18 Å². The van der Waals surface area contributed by atoms with Crippen LogP contribution in [0.5, 0.6) is 0 Å². The van der Waals surface area contributed by atoms with E-state index in [2.05, 4.69) is 15.5 Å². The lowest BCUT2D eigenvalue weighted by Crippen LogP contribution is -2.29. The highest BCUT2D eigenvalue weighted by Gasteiger charge is 2.30. The summed E-state index contributed by atoms with van der Waals surface area (Å²) in [5.41, 5.74) is 2.60. The highest BCUT2D eigenvalue weighted by atomic mass is 19.4. The Bertz CT molecular complexity index is 685. The van der Waals surface area contributed by atoms with E-state index in [-0.39, 0.29) is 18.2 Å². The number of alkyl halides is 3. The summed E-state index contributed by atoms with van der Waals surface area (Å²) in [6.45, 7) is 5.90. The van der Waals surface area contributed by atoms with Crippen LogP contribution in [-0.4, -0.2) is 22.6 Å². The number of H-pyrrole nitrogens is 1. The van der Waals surface area contributed by atoms with Crippen molar-refractivity contribution in [3.05, 3.63) is 52.3 Å². The molecule has 1 aromatic carbocycles. The fourth-order valence-corrected chi connectivity index (χ4v) is 2.44. The first kappa shape index (κ1) is 18.0. The van der Waals surface area contributed by atoms with Crippen molar-refractivity contribution in [2.24, 2.45) is 0 Å². The molecule has 1 amide bonds. The maximum Gasteiger partial charge on any atom is 0.416 e. The highest BCUT2D eigenvalue weighted by molar-refractivity contribution is 5.79. The monoisotopic (exact) mass is 339 g/mol. The molecule has 2 rings (SSSR count). The van der Waals surface area contributed by atoms with Crippen LogP contribution in [0.2, 0.25) is 0 Å². The van der Waals surface area contributed by atoms with E-state index in [0.29, 0.717) is 6.54 Å². The van der Waals surface area contributed by atoms with Gasteiger partial charge in [0.2, 0.25) is 5.91 Å². The molecule has 0 radical (unpaired) electrons. The van der Waals surface area contributed by atoms with Gasteiger partial charge in [-0.25, -0.2) is 0 Å². The minimum atomic E-state index is -4.34.